The van der Waals surface area contributed by atoms with Crippen LogP contribution in [-0.4, -0.2) is 36.9 Å². The van der Waals surface area contributed by atoms with Gasteiger partial charge in [-0.2, -0.15) is 10.2 Å². The largest absolute Gasteiger partial charge is 0.354 e. The quantitative estimate of drug-likeness (QED) is 0.464. The van der Waals surface area contributed by atoms with Gasteiger partial charge in [0.2, 0.25) is 5.91 Å². The Morgan fingerprint density at radius 2 is 2.17 bits per heavy atom. The number of carbonyl (C=O) groups is 1. The third kappa shape index (κ3) is 3.91. The van der Waals surface area contributed by atoms with Crippen molar-refractivity contribution in [3.63, 3.8) is 0 Å². The molecule has 130 valence electrons. The number of halogens is 1. The van der Waals surface area contributed by atoms with Gasteiger partial charge in [0.25, 0.3) is 0 Å². The van der Waals surface area contributed by atoms with E-state index >= 15 is 0 Å². The van der Waals surface area contributed by atoms with Crippen molar-refractivity contribution in [2.24, 2.45) is 0 Å². The molecule has 0 spiro atoms. The van der Waals surface area contributed by atoms with Crippen LogP contribution in [0.25, 0.3) is 0 Å². The molecule has 0 saturated carbocycles. The molecule has 0 saturated heterocycles. The zero-order chi connectivity index (χ0) is 17.9. The van der Waals surface area contributed by atoms with Crippen molar-refractivity contribution in [2.75, 3.05) is 6.54 Å². The van der Waals surface area contributed by atoms with Crippen LogP contribution in [0.15, 0.2) is 18.6 Å². The number of nitro groups is 1. The molecule has 0 aliphatic rings. The van der Waals surface area contributed by atoms with Crippen LogP contribution in [0.2, 0.25) is 5.02 Å². The summed E-state index contributed by atoms with van der Waals surface area (Å²) in [5.41, 5.74) is -0.413. The van der Waals surface area contributed by atoms with E-state index in [9.17, 15) is 14.9 Å². The molecule has 24 heavy (non-hydrogen) atoms. The van der Waals surface area contributed by atoms with Crippen molar-refractivity contribution in [1.29, 1.82) is 0 Å². The average molecular weight is 355 g/mol. The number of carbonyl (C=O) groups excluding carboxylic acids is 1. The maximum atomic E-state index is 12.3. The van der Waals surface area contributed by atoms with E-state index in [1.807, 2.05) is 6.92 Å². The zero-order valence-electron chi connectivity index (χ0n) is 13.7. The molecule has 2 heterocycles. The SMILES string of the molecule is Cc1nn(CCCNC(=O)C(C)(C)n2cc([N+](=O)[O-])cn2)cc1Cl. The normalized spacial score (nSPS) is 11.5. The predicted octanol–water partition coefficient (Wildman–Crippen LogP) is 1.89. The molecule has 2 aromatic rings. The van der Waals surface area contributed by atoms with E-state index in [1.165, 1.54) is 10.9 Å². The summed E-state index contributed by atoms with van der Waals surface area (Å²) in [7, 11) is 0. The Balaban J connectivity index is 1.87. The molecule has 2 rings (SSSR count). The lowest BCUT2D eigenvalue weighted by atomic mass is 10.1. The highest BCUT2D eigenvalue weighted by molar-refractivity contribution is 6.31. The highest BCUT2D eigenvalue weighted by Gasteiger charge is 2.31. The number of aromatic nitrogens is 4. The first-order chi connectivity index (χ1) is 11.2. The molecule has 0 unspecified atom stereocenters. The highest BCUT2D eigenvalue weighted by Crippen LogP contribution is 2.18. The van der Waals surface area contributed by atoms with Crippen molar-refractivity contribution in [3.8, 4) is 0 Å². The van der Waals surface area contributed by atoms with Crippen LogP contribution in [0.1, 0.15) is 26.0 Å². The number of amides is 1. The Kier molecular flexibility index (Phi) is 5.23. The lowest BCUT2D eigenvalue weighted by Gasteiger charge is -2.23. The summed E-state index contributed by atoms with van der Waals surface area (Å²) in [4.78, 5) is 22.5. The molecule has 0 radical (unpaired) electrons. The summed E-state index contributed by atoms with van der Waals surface area (Å²) in [6, 6.07) is 0. The van der Waals surface area contributed by atoms with Crippen LogP contribution in [0.3, 0.4) is 0 Å². The number of nitrogens with one attached hydrogen (secondary N) is 1. The van der Waals surface area contributed by atoms with E-state index in [4.69, 9.17) is 11.6 Å². The van der Waals surface area contributed by atoms with Gasteiger partial charge in [-0.25, -0.2) is 0 Å². The standard InChI is InChI=1S/C14H19ClN6O3/c1-10-12(15)9-19(18-10)6-4-5-16-13(22)14(2,3)20-8-11(7-17-20)21(23)24/h7-9H,4-6H2,1-3H3,(H,16,22). The van der Waals surface area contributed by atoms with E-state index in [0.29, 0.717) is 24.5 Å². The van der Waals surface area contributed by atoms with Gasteiger partial charge in [-0.15, -0.1) is 0 Å². The Hall–Kier alpha value is -2.42. The summed E-state index contributed by atoms with van der Waals surface area (Å²) in [6.07, 6.45) is 4.79. The predicted molar refractivity (Wildman–Crippen MR) is 87.8 cm³/mol. The van der Waals surface area contributed by atoms with E-state index < -0.39 is 10.5 Å². The summed E-state index contributed by atoms with van der Waals surface area (Å²) < 4.78 is 3.02. The van der Waals surface area contributed by atoms with Crippen LogP contribution >= 0.6 is 11.6 Å². The van der Waals surface area contributed by atoms with Gasteiger partial charge in [0.05, 0.1) is 15.6 Å². The lowest BCUT2D eigenvalue weighted by Crippen LogP contribution is -2.45. The molecular formula is C14H19ClN6O3. The monoisotopic (exact) mass is 354 g/mol. The van der Waals surface area contributed by atoms with Crippen molar-refractivity contribution < 1.29 is 9.72 Å². The molecule has 0 fully saturated rings. The fraction of sp³-hybridized carbons (Fsp3) is 0.500. The minimum atomic E-state index is -1.03. The molecule has 0 aromatic carbocycles. The first-order valence-electron chi connectivity index (χ1n) is 7.39. The van der Waals surface area contributed by atoms with Gasteiger partial charge in [-0.3, -0.25) is 24.3 Å². The van der Waals surface area contributed by atoms with Crippen LogP contribution in [0.5, 0.6) is 0 Å². The zero-order valence-corrected chi connectivity index (χ0v) is 14.4. The smallest absolute Gasteiger partial charge is 0.307 e. The third-order valence-electron chi connectivity index (χ3n) is 3.64. The van der Waals surface area contributed by atoms with Crippen molar-refractivity contribution in [2.45, 2.75) is 39.3 Å². The topological polar surface area (TPSA) is 108 Å². The third-order valence-corrected chi connectivity index (χ3v) is 4.02. The molecule has 10 heteroatoms. The van der Waals surface area contributed by atoms with Crippen molar-refractivity contribution >= 4 is 23.2 Å². The Morgan fingerprint density at radius 1 is 1.46 bits per heavy atom. The summed E-state index contributed by atoms with van der Waals surface area (Å²) in [5, 5.41) is 22.3. The fourth-order valence-corrected chi connectivity index (χ4v) is 2.24. The fourth-order valence-electron chi connectivity index (χ4n) is 2.08. The molecule has 1 N–H and O–H groups in total. The minimum Gasteiger partial charge on any atom is -0.354 e. The van der Waals surface area contributed by atoms with E-state index in [-0.39, 0.29) is 11.6 Å². The number of rotatable bonds is 7. The molecule has 0 bridgehead atoms. The molecule has 9 nitrogen and oxygen atoms in total. The Bertz CT molecular complexity index is 732. The van der Waals surface area contributed by atoms with E-state index in [0.717, 1.165) is 11.9 Å². The summed E-state index contributed by atoms with van der Waals surface area (Å²) in [6.45, 7) is 6.20. The van der Waals surface area contributed by atoms with Crippen LogP contribution in [-0.2, 0) is 16.9 Å². The van der Waals surface area contributed by atoms with E-state index in [2.05, 4.69) is 15.5 Å². The first-order valence-corrected chi connectivity index (χ1v) is 7.77. The lowest BCUT2D eigenvalue weighted by molar-refractivity contribution is -0.385. The highest BCUT2D eigenvalue weighted by atomic mass is 35.5. The molecule has 2 aromatic heterocycles. The van der Waals surface area contributed by atoms with Gasteiger partial charge in [0.15, 0.2) is 0 Å². The molecule has 0 aliphatic heterocycles. The van der Waals surface area contributed by atoms with Crippen molar-refractivity contribution in [1.82, 2.24) is 24.9 Å². The summed E-state index contributed by atoms with van der Waals surface area (Å²) in [5.74, 6) is -0.268. The summed E-state index contributed by atoms with van der Waals surface area (Å²) >= 11 is 5.93. The van der Waals surface area contributed by atoms with Gasteiger partial charge >= 0.3 is 5.69 Å². The number of aryl methyl sites for hydroxylation is 2. The van der Waals surface area contributed by atoms with Gasteiger partial charge in [0, 0.05) is 19.3 Å². The first kappa shape index (κ1) is 17.9. The van der Waals surface area contributed by atoms with Gasteiger partial charge in [-0.1, -0.05) is 11.6 Å². The van der Waals surface area contributed by atoms with Crippen LogP contribution in [0, 0.1) is 17.0 Å². The number of hydrogen-bond acceptors (Lipinski definition) is 5. The average Bonchev–Trinajstić information content (AvgIpc) is 3.11. The molecule has 0 aliphatic carbocycles. The maximum absolute atomic E-state index is 12.3. The van der Waals surface area contributed by atoms with Crippen molar-refractivity contribution in [3.05, 3.63) is 39.4 Å². The van der Waals surface area contributed by atoms with Gasteiger partial charge in [0.1, 0.15) is 17.9 Å². The second-order valence-corrected chi connectivity index (χ2v) is 6.30. The second-order valence-electron chi connectivity index (χ2n) is 5.89. The maximum Gasteiger partial charge on any atom is 0.307 e. The van der Waals surface area contributed by atoms with E-state index in [1.54, 1.807) is 24.7 Å². The molecule has 1 amide bonds. The Morgan fingerprint density at radius 3 is 2.71 bits per heavy atom. The van der Waals surface area contributed by atoms with Gasteiger partial charge < -0.3 is 5.32 Å². The Labute approximate surface area is 143 Å². The molecule has 0 atom stereocenters. The molecular weight excluding hydrogens is 336 g/mol. The van der Waals surface area contributed by atoms with Gasteiger partial charge in [-0.05, 0) is 27.2 Å². The number of hydrogen-bond donors (Lipinski definition) is 1. The van der Waals surface area contributed by atoms with Crippen LogP contribution in [0.4, 0.5) is 5.69 Å². The van der Waals surface area contributed by atoms with Crippen LogP contribution < -0.4 is 5.32 Å². The minimum absolute atomic E-state index is 0.151. The number of nitrogens with zero attached hydrogens (tertiary/aromatic N) is 5. The second kappa shape index (κ2) is 7.00.